The van der Waals surface area contributed by atoms with Gasteiger partial charge in [0.2, 0.25) is 0 Å². The molecule has 2 aromatic rings. The minimum Gasteiger partial charge on any atom is -0.342 e. The summed E-state index contributed by atoms with van der Waals surface area (Å²) >= 11 is 3.65. The Hall–Kier alpha value is -1.32. The number of benzene rings is 2. The fraction of sp³-hybridized carbons (Fsp3) is 0.294. The van der Waals surface area contributed by atoms with E-state index in [2.05, 4.69) is 77.1 Å². The molecule has 0 aliphatic rings. The van der Waals surface area contributed by atoms with Crippen molar-refractivity contribution in [2.45, 2.75) is 20.3 Å². The third-order valence-corrected chi connectivity index (χ3v) is 4.13. The Morgan fingerprint density at radius 3 is 2.45 bits per heavy atom. The molecule has 0 amide bonds. The number of hydrogen-bond acceptors (Lipinski definition) is 2. The van der Waals surface area contributed by atoms with E-state index in [4.69, 9.17) is 5.73 Å². The van der Waals surface area contributed by atoms with Gasteiger partial charge in [0, 0.05) is 22.4 Å². The minimum atomic E-state index is 0.674. The predicted molar refractivity (Wildman–Crippen MR) is 90.8 cm³/mol. The van der Waals surface area contributed by atoms with Crippen LogP contribution in [0.4, 0.5) is 11.4 Å². The van der Waals surface area contributed by atoms with Gasteiger partial charge >= 0.3 is 0 Å². The van der Waals surface area contributed by atoms with Gasteiger partial charge in [-0.3, -0.25) is 0 Å². The first-order valence-electron chi connectivity index (χ1n) is 6.98. The van der Waals surface area contributed by atoms with E-state index in [9.17, 15) is 0 Å². The van der Waals surface area contributed by atoms with E-state index in [1.807, 2.05) is 0 Å². The van der Waals surface area contributed by atoms with Gasteiger partial charge in [0.25, 0.3) is 0 Å². The van der Waals surface area contributed by atoms with Crippen molar-refractivity contribution in [3.63, 3.8) is 0 Å². The molecular weight excluding hydrogens is 312 g/mol. The number of rotatable bonds is 5. The zero-order chi connectivity index (χ0) is 14.5. The Balaban J connectivity index is 2.35. The highest BCUT2D eigenvalue weighted by molar-refractivity contribution is 9.10. The Kier molecular flexibility index (Phi) is 5.21. The molecule has 0 spiro atoms. The quantitative estimate of drug-likeness (QED) is 0.878. The molecule has 0 aliphatic carbocycles. The van der Waals surface area contributed by atoms with Crippen LogP contribution >= 0.6 is 15.9 Å². The topological polar surface area (TPSA) is 29.3 Å². The standard InChI is InChI=1S/C17H21BrN2/c1-3-20(15-6-4-5-13(2)11-15)16-8-7-14(9-10-19)17(18)12-16/h4-8,11-12H,3,9-10,19H2,1-2H3. The normalized spacial score (nSPS) is 10.6. The lowest BCUT2D eigenvalue weighted by Crippen LogP contribution is -2.16. The summed E-state index contributed by atoms with van der Waals surface area (Å²) in [6.07, 6.45) is 0.900. The van der Waals surface area contributed by atoms with Gasteiger partial charge < -0.3 is 10.6 Å². The zero-order valence-electron chi connectivity index (χ0n) is 12.1. The van der Waals surface area contributed by atoms with Crippen molar-refractivity contribution in [2.75, 3.05) is 18.0 Å². The summed E-state index contributed by atoms with van der Waals surface area (Å²) in [5.41, 5.74) is 10.6. The van der Waals surface area contributed by atoms with E-state index in [1.165, 1.54) is 22.5 Å². The lowest BCUT2D eigenvalue weighted by molar-refractivity contribution is 0.959. The SMILES string of the molecule is CCN(c1cccc(C)c1)c1ccc(CCN)c(Br)c1. The molecule has 0 saturated heterocycles. The maximum Gasteiger partial charge on any atom is 0.0422 e. The summed E-state index contributed by atoms with van der Waals surface area (Å²) in [6, 6.07) is 15.1. The molecule has 0 bridgehead atoms. The van der Waals surface area contributed by atoms with Crippen LogP contribution in [0.25, 0.3) is 0 Å². The molecule has 0 aliphatic heterocycles. The van der Waals surface area contributed by atoms with Crippen LogP contribution in [0.2, 0.25) is 0 Å². The van der Waals surface area contributed by atoms with Crippen LogP contribution in [0, 0.1) is 6.92 Å². The summed E-state index contributed by atoms with van der Waals surface area (Å²) in [7, 11) is 0. The number of aryl methyl sites for hydroxylation is 1. The van der Waals surface area contributed by atoms with Crippen LogP contribution in [-0.2, 0) is 6.42 Å². The van der Waals surface area contributed by atoms with Crippen LogP contribution in [0.1, 0.15) is 18.1 Å². The van der Waals surface area contributed by atoms with E-state index < -0.39 is 0 Å². The first kappa shape index (κ1) is 15.1. The molecule has 0 atom stereocenters. The van der Waals surface area contributed by atoms with Crippen molar-refractivity contribution in [3.05, 3.63) is 58.1 Å². The third-order valence-electron chi connectivity index (χ3n) is 3.39. The molecule has 2 N–H and O–H groups in total. The molecule has 0 unspecified atom stereocenters. The Morgan fingerprint density at radius 2 is 1.85 bits per heavy atom. The fourth-order valence-corrected chi connectivity index (χ4v) is 2.94. The van der Waals surface area contributed by atoms with Crippen molar-refractivity contribution in [2.24, 2.45) is 5.73 Å². The average Bonchev–Trinajstić information content (AvgIpc) is 2.43. The van der Waals surface area contributed by atoms with Crippen LogP contribution in [0.5, 0.6) is 0 Å². The van der Waals surface area contributed by atoms with Gasteiger partial charge in [-0.2, -0.15) is 0 Å². The van der Waals surface area contributed by atoms with Gasteiger partial charge in [-0.05, 0) is 62.2 Å². The van der Waals surface area contributed by atoms with E-state index in [1.54, 1.807) is 0 Å². The van der Waals surface area contributed by atoms with Crippen LogP contribution < -0.4 is 10.6 Å². The highest BCUT2D eigenvalue weighted by atomic mass is 79.9. The lowest BCUT2D eigenvalue weighted by atomic mass is 10.1. The Bertz CT molecular complexity index is 581. The molecule has 0 aromatic heterocycles. The first-order valence-corrected chi connectivity index (χ1v) is 7.77. The monoisotopic (exact) mass is 332 g/mol. The van der Waals surface area contributed by atoms with Crippen molar-refractivity contribution >= 4 is 27.3 Å². The molecule has 2 aromatic carbocycles. The smallest absolute Gasteiger partial charge is 0.0422 e. The number of hydrogen-bond donors (Lipinski definition) is 1. The molecule has 2 nitrogen and oxygen atoms in total. The lowest BCUT2D eigenvalue weighted by Gasteiger charge is -2.24. The van der Waals surface area contributed by atoms with Crippen molar-refractivity contribution in [1.29, 1.82) is 0 Å². The van der Waals surface area contributed by atoms with Gasteiger partial charge in [-0.15, -0.1) is 0 Å². The van der Waals surface area contributed by atoms with Gasteiger partial charge in [0.1, 0.15) is 0 Å². The summed E-state index contributed by atoms with van der Waals surface area (Å²) in [5, 5.41) is 0. The average molecular weight is 333 g/mol. The molecule has 0 saturated carbocycles. The second-order valence-corrected chi connectivity index (χ2v) is 5.75. The fourth-order valence-electron chi connectivity index (χ4n) is 2.37. The Labute approximate surface area is 129 Å². The van der Waals surface area contributed by atoms with E-state index in [0.29, 0.717) is 6.54 Å². The molecule has 0 heterocycles. The molecule has 106 valence electrons. The second-order valence-electron chi connectivity index (χ2n) is 4.90. The summed E-state index contributed by atoms with van der Waals surface area (Å²) in [6.45, 7) is 5.90. The molecule has 0 fully saturated rings. The highest BCUT2D eigenvalue weighted by Gasteiger charge is 2.09. The second kappa shape index (κ2) is 6.91. The maximum atomic E-state index is 5.63. The summed E-state index contributed by atoms with van der Waals surface area (Å²) in [4.78, 5) is 2.31. The van der Waals surface area contributed by atoms with Crippen molar-refractivity contribution in [1.82, 2.24) is 0 Å². The Morgan fingerprint density at radius 1 is 1.10 bits per heavy atom. The summed E-state index contributed by atoms with van der Waals surface area (Å²) < 4.78 is 1.13. The highest BCUT2D eigenvalue weighted by Crippen LogP contribution is 2.30. The number of nitrogens with zero attached hydrogens (tertiary/aromatic N) is 1. The largest absolute Gasteiger partial charge is 0.342 e. The maximum absolute atomic E-state index is 5.63. The van der Waals surface area contributed by atoms with Crippen LogP contribution in [0.15, 0.2) is 46.9 Å². The molecule has 0 radical (unpaired) electrons. The predicted octanol–water partition coefficient (Wildman–Crippen LogP) is 4.42. The van der Waals surface area contributed by atoms with Crippen LogP contribution in [0.3, 0.4) is 0 Å². The summed E-state index contributed by atoms with van der Waals surface area (Å²) in [5.74, 6) is 0. The van der Waals surface area contributed by atoms with Crippen LogP contribution in [-0.4, -0.2) is 13.1 Å². The van der Waals surface area contributed by atoms with Gasteiger partial charge in [-0.25, -0.2) is 0 Å². The number of nitrogens with two attached hydrogens (primary N) is 1. The van der Waals surface area contributed by atoms with E-state index in [-0.39, 0.29) is 0 Å². The first-order chi connectivity index (χ1) is 9.65. The minimum absolute atomic E-state index is 0.674. The van der Waals surface area contributed by atoms with Gasteiger partial charge in [0.15, 0.2) is 0 Å². The zero-order valence-corrected chi connectivity index (χ0v) is 13.7. The van der Waals surface area contributed by atoms with Gasteiger partial charge in [0.05, 0.1) is 0 Å². The molecule has 20 heavy (non-hydrogen) atoms. The third kappa shape index (κ3) is 3.41. The number of halogens is 1. The molecular formula is C17H21BrN2. The van der Waals surface area contributed by atoms with Gasteiger partial charge in [-0.1, -0.05) is 34.1 Å². The van der Waals surface area contributed by atoms with E-state index in [0.717, 1.165) is 17.4 Å². The molecule has 2 rings (SSSR count). The van der Waals surface area contributed by atoms with E-state index >= 15 is 0 Å². The number of anilines is 2. The van der Waals surface area contributed by atoms with Crippen molar-refractivity contribution in [3.8, 4) is 0 Å². The molecule has 3 heteroatoms. The van der Waals surface area contributed by atoms with Crippen molar-refractivity contribution < 1.29 is 0 Å².